The highest BCUT2D eigenvalue weighted by Gasteiger charge is 2.45. The molecule has 1 aromatic heterocycles. The Balaban J connectivity index is 1.62. The smallest absolute Gasteiger partial charge is 0.282 e. The molecule has 1 aliphatic rings. The molecule has 0 saturated carbocycles. The number of benzene rings is 2. The lowest BCUT2D eigenvalue weighted by molar-refractivity contribution is -0.385. The topological polar surface area (TPSA) is 110 Å². The molecule has 1 aliphatic heterocycles. The molecule has 9 heteroatoms. The molecule has 156 valence electrons. The number of nitrogens with one attached hydrogen (secondary N) is 1. The minimum absolute atomic E-state index is 0.0725. The van der Waals surface area contributed by atoms with Crippen LogP contribution in [0.3, 0.4) is 0 Å². The summed E-state index contributed by atoms with van der Waals surface area (Å²) in [7, 11) is 0. The van der Waals surface area contributed by atoms with E-state index in [4.69, 9.17) is 0 Å². The first-order chi connectivity index (χ1) is 14.9. The summed E-state index contributed by atoms with van der Waals surface area (Å²) in [4.78, 5) is 51.1. The number of nitro benzene ring substituents is 1. The van der Waals surface area contributed by atoms with Crippen LogP contribution in [0.5, 0.6) is 0 Å². The number of thiophene rings is 1. The molecule has 31 heavy (non-hydrogen) atoms. The number of nitro groups is 1. The molecule has 2 aromatic carbocycles. The Bertz CT molecular complexity index is 1180. The van der Waals surface area contributed by atoms with Crippen LogP contribution in [-0.4, -0.2) is 33.6 Å². The molecule has 0 fully saturated rings. The van der Waals surface area contributed by atoms with Crippen molar-refractivity contribution >= 4 is 34.7 Å². The first kappa shape index (κ1) is 20.4. The van der Waals surface area contributed by atoms with Gasteiger partial charge in [-0.25, -0.2) is 0 Å². The van der Waals surface area contributed by atoms with E-state index in [1.807, 2.05) is 47.8 Å². The van der Waals surface area contributed by atoms with Gasteiger partial charge in [0, 0.05) is 10.9 Å². The fourth-order valence-electron chi connectivity index (χ4n) is 3.59. The summed E-state index contributed by atoms with van der Waals surface area (Å²) in [6, 6.07) is 15.3. The zero-order chi connectivity index (χ0) is 22.1. The Morgan fingerprint density at radius 1 is 1.03 bits per heavy atom. The van der Waals surface area contributed by atoms with E-state index >= 15 is 0 Å². The molecule has 0 aliphatic carbocycles. The zero-order valence-electron chi connectivity index (χ0n) is 16.3. The summed E-state index contributed by atoms with van der Waals surface area (Å²) in [5, 5.41) is 16.1. The van der Waals surface area contributed by atoms with Gasteiger partial charge in [0.1, 0.15) is 11.6 Å². The Morgan fingerprint density at radius 3 is 2.42 bits per heavy atom. The average Bonchev–Trinajstić information content (AvgIpc) is 3.39. The second-order valence-electron chi connectivity index (χ2n) is 6.98. The van der Waals surface area contributed by atoms with Crippen LogP contribution >= 0.6 is 11.3 Å². The highest BCUT2D eigenvalue weighted by atomic mass is 32.1. The number of rotatable bonds is 6. The third-order valence-electron chi connectivity index (χ3n) is 5.13. The third kappa shape index (κ3) is 3.59. The lowest BCUT2D eigenvalue weighted by atomic mass is 10.0. The summed E-state index contributed by atoms with van der Waals surface area (Å²) in [6.07, 6.45) is 0. The van der Waals surface area contributed by atoms with Gasteiger partial charge >= 0.3 is 0 Å². The minimum atomic E-state index is -1.15. The monoisotopic (exact) mass is 435 g/mol. The molecule has 2 unspecified atom stereocenters. The number of amides is 3. The lowest BCUT2D eigenvalue weighted by Crippen LogP contribution is -2.48. The van der Waals surface area contributed by atoms with Crippen LogP contribution in [0.1, 0.15) is 44.1 Å². The molecular weight excluding hydrogens is 418 g/mol. The van der Waals surface area contributed by atoms with Gasteiger partial charge in [0.2, 0.25) is 5.91 Å². The number of imide groups is 1. The van der Waals surface area contributed by atoms with E-state index in [-0.39, 0.29) is 11.1 Å². The Hall–Kier alpha value is -3.85. The van der Waals surface area contributed by atoms with Gasteiger partial charge in [-0.3, -0.25) is 29.4 Å². The maximum absolute atomic E-state index is 13.1. The van der Waals surface area contributed by atoms with E-state index < -0.39 is 40.4 Å². The van der Waals surface area contributed by atoms with E-state index in [1.165, 1.54) is 36.5 Å². The van der Waals surface area contributed by atoms with Crippen LogP contribution in [0, 0.1) is 10.1 Å². The van der Waals surface area contributed by atoms with E-state index in [2.05, 4.69) is 5.32 Å². The van der Waals surface area contributed by atoms with Crippen LogP contribution in [0.25, 0.3) is 0 Å². The predicted molar refractivity (Wildman–Crippen MR) is 114 cm³/mol. The van der Waals surface area contributed by atoms with E-state index in [0.717, 1.165) is 15.3 Å². The first-order valence-corrected chi connectivity index (χ1v) is 10.3. The molecule has 0 radical (unpaired) electrons. The number of hydrogen-bond donors (Lipinski definition) is 1. The Morgan fingerprint density at radius 2 is 1.77 bits per heavy atom. The van der Waals surface area contributed by atoms with Gasteiger partial charge in [0.15, 0.2) is 0 Å². The van der Waals surface area contributed by atoms with E-state index in [0.29, 0.717) is 0 Å². The summed E-state index contributed by atoms with van der Waals surface area (Å²) in [6.45, 7) is 1.43. The van der Waals surface area contributed by atoms with Crippen molar-refractivity contribution in [3.05, 3.63) is 97.7 Å². The summed E-state index contributed by atoms with van der Waals surface area (Å²) < 4.78 is 0. The summed E-state index contributed by atoms with van der Waals surface area (Å²) >= 11 is 1.47. The normalized spacial score (nSPS) is 14.8. The Kier molecular flexibility index (Phi) is 5.35. The lowest BCUT2D eigenvalue weighted by Gasteiger charge is -2.25. The minimum Gasteiger partial charge on any atom is -0.343 e. The predicted octanol–water partition coefficient (Wildman–Crippen LogP) is 3.55. The molecule has 4 rings (SSSR count). The molecular formula is C22H17N3O5S. The Labute approximate surface area is 181 Å². The third-order valence-corrected chi connectivity index (χ3v) is 6.07. The van der Waals surface area contributed by atoms with Crippen molar-refractivity contribution in [3.63, 3.8) is 0 Å². The van der Waals surface area contributed by atoms with Crippen molar-refractivity contribution in [1.29, 1.82) is 0 Å². The van der Waals surface area contributed by atoms with Gasteiger partial charge in [0.05, 0.1) is 16.5 Å². The highest BCUT2D eigenvalue weighted by Crippen LogP contribution is 2.32. The molecule has 1 N–H and O–H groups in total. The van der Waals surface area contributed by atoms with E-state index in [1.54, 1.807) is 0 Å². The van der Waals surface area contributed by atoms with Crippen LogP contribution in [0.2, 0.25) is 0 Å². The summed E-state index contributed by atoms with van der Waals surface area (Å²) in [5.74, 6) is -2.11. The van der Waals surface area contributed by atoms with Crippen LogP contribution < -0.4 is 5.32 Å². The quantitative estimate of drug-likeness (QED) is 0.362. The number of nitrogens with zero attached hydrogens (tertiary/aromatic N) is 2. The largest absolute Gasteiger partial charge is 0.343 e. The van der Waals surface area contributed by atoms with Crippen LogP contribution in [0.4, 0.5) is 5.69 Å². The van der Waals surface area contributed by atoms with Gasteiger partial charge in [-0.15, -0.1) is 11.3 Å². The van der Waals surface area contributed by atoms with Crippen molar-refractivity contribution in [3.8, 4) is 0 Å². The van der Waals surface area contributed by atoms with E-state index in [9.17, 15) is 24.5 Å². The highest BCUT2D eigenvalue weighted by molar-refractivity contribution is 7.10. The molecule has 2 atom stereocenters. The molecule has 3 amide bonds. The second kappa shape index (κ2) is 8.11. The maximum atomic E-state index is 13.1. The molecule has 0 saturated heterocycles. The van der Waals surface area contributed by atoms with Crippen molar-refractivity contribution in [2.75, 3.05) is 0 Å². The van der Waals surface area contributed by atoms with Crippen molar-refractivity contribution < 1.29 is 19.3 Å². The molecule has 0 spiro atoms. The van der Waals surface area contributed by atoms with Crippen LogP contribution in [0.15, 0.2) is 66.0 Å². The second-order valence-corrected chi connectivity index (χ2v) is 7.96. The van der Waals surface area contributed by atoms with Gasteiger partial charge in [-0.1, -0.05) is 42.5 Å². The fraction of sp³-hybridized carbons (Fsp3) is 0.136. The van der Waals surface area contributed by atoms with Crippen LogP contribution in [-0.2, 0) is 4.79 Å². The SMILES string of the molecule is CC(C(=O)NC(c1ccccc1)c1cccs1)N1C(=O)c2cccc([N+](=O)[O-])c2C1=O. The van der Waals surface area contributed by atoms with Gasteiger partial charge < -0.3 is 5.32 Å². The number of carbonyl (C=O) groups excluding carboxylic acids is 3. The number of fused-ring (bicyclic) bond motifs is 1. The zero-order valence-corrected chi connectivity index (χ0v) is 17.2. The maximum Gasteiger partial charge on any atom is 0.282 e. The van der Waals surface area contributed by atoms with Gasteiger partial charge in [-0.05, 0) is 30.0 Å². The van der Waals surface area contributed by atoms with Crippen molar-refractivity contribution in [2.24, 2.45) is 0 Å². The van der Waals surface area contributed by atoms with Gasteiger partial charge in [-0.2, -0.15) is 0 Å². The number of carbonyl (C=O) groups is 3. The van der Waals surface area contributed by atoms with Crippen molar-refractivity contribution in [1.82, 2.24) is 10.2 Å². The molecule has 8 nitrogen and oxygen atoms in total. The fourth-order valence-corrected chi connectivity index (χ4v) is 4.39. The first-order valence-electron chi connectivity index (χ1n) is 9.44. The standard InChI is InChI=1S/C22H17N3O5S/c1-13(24-21(27)15-9-5-10-16(25(29)30)18(15)22(24)28)20(26)23-19(17-11-6-12-31-17)14-7-3-2-4-8-14/h2-13,19H,1H3,(H,23,26). The van der Waals surface area contributed by atoms with Gasteiger partial charge in [0.25, 0.3) is 17.5 Å². The molecule has 0 bridgehead atoms. The van der Waals surface area contributed by atoms with Crippen molar-refractivity contribution in [2.45, 2.75) is 19.0 Å². The number of hydrogen-bond acceptors (Lipinski definition) is 6. The molecule has 2 heterocycles. The molecule has 3 aromatic rings. The summed E-state index contributed by atoms with van der Waals surface area (Å²) in [5.41, 5.74) is 0.0435. The average molecular weight is 435 g/mol.